The van der Waals surface area contributed by atoms with Gasteiger partial charge in [-0.25, -0.2) is 9.07 Å². The number of benzene rings is 1. The van der Waals surface area contributed by atoms with Crippen LogP contribution in [0, 0.1) is 5.82 Å². The van der Waals surface area contributed by atoms with Gasteiger partial charge in [0.2, 0.25) is 11.1 Å². The molecule has 1 aliphatic carbocycles. The second-order valence-electron chi connectivity index (χ2n) is 5.64. The standard InChI is InChI=1S/C15H17ClFN5OS/c1-21-15(18-19-20-21)24-8-7-14(23)22(10-5-6-10)9-11-12(16)3-2-4-13(11)17/h2-4,10H,5-9H2,1H3. The Balaban J connectivity index is 1.61. The summed E-state index contributed by atoms with van der Waals surface area (Å²) >= 11 is 7.51. The van der Waals surface area contributed by atoms with Crippen molar-refractivity contribution in [3.63, 3.8) is 0 Å². The molecule has 1 aromatic carbocycles. The molecule has 0 aliphatic heterocycles. The van der Waals surface area contributed by atoms with Crippen LogP contribution < -0.4 is 0 Å². The fourth-order valence-electron chi connectivity index (χ4n) is 2.38. The van der Waals surface area contributed by atoms with E-state index in [0.717, 1.165) is 12.8 Å². The van der Waals surface area contributed by atoms with Crippen LogP contribution in [-0.2, 0) is 18.4 Å². The van der Waals surface area contributed by atoms with Crippen LogP contribution in [0.15, 0.2) is 23.4 Å². The normalized spacial score (nSPS) is 14.0. The highest BCUT2D eigenvalue weighted by Crippen LogP contribution is 2.31. The maximum absolute atomic E-state index is 14.0. The average molecular weight is 370 g/mol. The SMILES string of the molecule is Cn1nnnc1SCCC(=O)N(Cc1c(F)cccc1Cl)C1CC1. The van der Waals surface area contributed by atoms with Gasteiger partial charge < -0.3 is 4.90 Å². The van der Waals surface area contributed by atoms with Gasteiger partial charge >= 0.3 is 0 Å². The molecular formula is C15H17ClFN5OS. The first-order valence-corrected chi connectivity index (χ1v) is 9.00. The lowest BCUT2D eigenvalue weighted by molar-refractivity contribution is -0.132. The Morgan fingerprint density at radius 3 is 2.92 bits per heavy atom. The molecule has 24 heavy (non-hydrogen) atoms. The van der Waals surface area contributed by atoms with E-state index in [2.05, 4.69) is 15.5 Å². The molecule has 0 radical (unpaired) electrons. The fourth-order valence-corrected chi connectivity index (χ4v) is 3.38. The zero-order valence-electron chi connectivity index (χ0n) is 13.2. The number of nitrogens with zero attached hydrogens (tertiary/aromatic N) is 5. The molecule has 2 aromatic rings. The maximum Gasteiger partial charge on any atom is 0.223 e. The first-order chi connectivity index (χ1) is 11.6. The number of aryl methyl sites for hydroxylation is 1. The third-order valence-corrected chi connectivity index (χ3v) is 5.19. The highest BCUT2D eigenvalue weighted by molar-refractivity contribution is 7.99. The average Bonchev–Trinajstić information content (AvgIpc) is 3.30. The van der Waals surface area contributed by atoms with Crippen molar-refractivity contribution in [1.29, 1.82) is 0 Å². The maximum atomic E-state index is 14.0. The minimum Gasteiger partial charge on any atom is -0.335 e. The Kier molecular flexibility index (Phi) is 5.35. The number of hydrogen-bond donors (Lipinski definition) is 0. The Bertz CT molecular complexity index is 716. The molecule has 0 spiro atoms. The number of hydrogen-bond acceptors (Lipinski definition) is 5. The van der Waals surface area contributed by atoms with Crippen molar-refractivity contribution < 1.29 is 9.18 Å². The van der Waals surface area contributed by atoms with E-state index in [0.29, 0.717) is 27.9 Å². The van der Waals surface area contributed by atoms with E-state index in [1.807, 2.05) is 0 Å². The zero-order valence-corrected chi connectivity index (χ0v) is 14.7. The van der Waals surface area contributed by atoms with Crippen LogP contribution in [0.1, 0.15) is 24.8 Å². The van der Waals surface area contributed by atoms with Crippen LogP contribution in [0.2, 0.25) is 5.02 Å². The fraction of sp³-hybridized carbons (Fsp3) is 0.467. The van der Waals surface area contributed by atoms with Gasteiger partial charge in [0.15, 0.2) is 0 Å². The van der Waals surface area contributed by atoms with E-state index in [9.17, 15) is 9.18 Å². The van der Waals surface area contributed by atoms with Gasteiger partial charge in [0.1, 0.15) is 5.82 Å². The number of rotatable bonds is 7. The van der Waals surface area contributed by atoms with Crippen molar-refractivity contribution in [2.45, 2.75) is 37.0 Å². The van der Waals surface area contributed by atoms with Gasteiger partial charge in [0.25, 0.3) is 0 Å². The van der Waals surface area contributed by atoms with E-state index < -0.39 is 0 Å². The number of aromatic nitrogens is 4. The highest BCUT2D eigenvalue weighted by Gasteiger charge is 2.33. The lowest BCUT2D eigenvalue weighted by Crippen LogP contribution is -2.33. The molecular weight excluding hydrogens is 353 g/mol. The number of carbonyl (C=O) groups excluding carboxylic acids is 1. The summed E-state index contributed by atoms with van der Waals surface area (Å²) in [4.78, 5) is 14.3. The third kappa shape index (κ3) is 4.05. The van der Waals surface area contributed by atoms with Gasteiger partial charge in [-0.15, -0.1) is 5.10 Å². The monoisotopic (exact) mass is 369 g/mol. The van der Waals surface area contributed by atoms with Crippen LogP contribution in [0.3, 0.4) is 0 Å². The van der Waals surface area contributed by atoms with Gasteiger partial charge in [0, 0.05) is 35.8 Å². The van der Waals surface area contributed by atoms with E-state index in [1.165, 1.54) is 17.8 Å². The number of carbonyl (C=O) groups is 1. The van der Waals surface area contributed by atoms with Crippen LogP contribution in [0.25, 0.3) is 0 Å². The van der Waals surface area contributed by atoms with Crippen molar-refractivity contribution >= 4 is 29.3 Å². The van der Waals surface area contributed by atoms with Crippen molar-refractivity contribution in [2.24, 2.45) is 7.05 Å². The summed E-state index contributed by atoms with van der Waals surface area (Å²) in [5.74, 6) is 0.196. The summed E-state index contributed by atoms with van der Waals surface area (Å²) in [6, 6.07) is 4.77. The van der Waals surface area contributed by atoms with Crippen LogP contribution in [-0.4, -0.2) is 42.8 Å². The predicted octanol–water partition coefficient (Wildman–Crippen LogP) is 2.68. The number of thioether (sulfide) groups is 1. The molecule has 1 fully saturated rings. The van der Waals surface area contributed by atoms with Crippen molar-refractivity contribution in [1.82, 2.24) is 25.1 Å². The minimum absolute atomic E-state index is 0.000512. The predicted molar refractivity (Wildman–Crippen MR) is 89.1 cm³/mol. The highest BCUT2D eigenvalue weighted by atomic mass is 35.5. The molecule has 1 amide bonds. The summed E-state index contributed by atoms with van der Waals surface area (Å²) in [6.45, 7) is 0.213. The summed E-state index contributed by atoms with van der Waals surface area (Å²) in [5, 5.41) is 12.2. The largest absolute Gasteiger partial charge is 0.335 e. The van der Waals surface area contributed by atoms with Crippen molar-refractivity contribution in [2.75, 3.05) is 5.75 Å². The molecule has 1 aliphatic rings. The number of halogens is 2. The molecule has 0 saturated heterocycles. The van der Waals surface area contributed by atoms with E-state index in [-0.39, 0.29) is 24.3 Å². The van der Waals surface area contributed by atoms with E-state index in [1.54, 1.807) is 28.8 Å². The first-order valence-electron chi connectivity index (χ1n) is 7.63. The summed E-state index contributed by atoms with van der Waals surface area (Å²) in [5.41, 5.74) is 0.379. The first kappa shape index (κ1) is 17.2. The third-order valence-electron chi connectivity index (χ3n) is 3.83. The Morgan fingerprint density at radius 2 is 2.29 bits per heavy atom. The second kappa shape index (κ2) is 7.48. The Morgan fingerprint density at radius 1 is 1.50 bits per heavy atom. The van der Waals surface area contributed by atoms with Gasteiger partial charge in [-0.05, 0) is 35.4 Å². The number of amides is 1. The molecule has 1 aromatic heterocycles. The van der Waals surface area contributed by atoms with Gasteiger partial charge in [-0.3, -0.25) is 4.79 Å². The molecule has 6 nitrogen and oxygen atoms in total. The topological polar surface area (TPSA) is 63.9 Å². The lowest BCUT2D eigenvalue weighted by Gasteiger charge is -2.23. The summed E-state index contributed by atoms with van der Waals surface area (Å²) in [6.07, 6.45) is 2.26. The molecule has 0 bridgehead atoms. The molecule has 0 atom stereocenters. The molecule has 1 saturated carbocycles. The van der Waals surface area contributed by atoms with E-state index >= 15 is 0 Å². The minimum atomic E-state index is -0.375. The lowest BCUT2D eigenvalue weighted by atomic mass is 10.2. The second-order valence-corrected chi connectivity index (χ2v) is 7.11. The molecule has 3 rings (SSSR count). The molecule has 1 heterocycles. The Hall–Kier alpha value is -1.67. The Labute approximate surface area is 148 Å². The quantitative estimate of drug-likeness (QED) is 0.702. The smallest absolute Gasteiger partial charge is 0.223 e. The summed E-state index contributed by atoms with van der Waals surface area (Å²) < 4.78 is 15.6. The van der Waals surface area contributed by atoms with Gasteiger partial charge in [-0.2, -0.15) is 0 Å². The molecule has 0 unspecified atom stereocenters. The van der Waals surface area contributed by atoms with Crippen molar-refractivity contribution in [3.05, 3.63) is 34.6 Å². The van der Waals surface area contributed by atoms with Crippen molar-refractivity contribution in [3.8, 4) is 0 Å². The van der Waals surface area contributed by atoms with Crippen LogP contribution >= 0.6 is 23.4 Å². The van der Waals surface area contributed by atoms with E-state index in [4.69, 9.17) is 11.6 Å². The van der Waals surface area contributed by atoms with Gasteiger partial charge in [-0.1, -0.05) is 29.4 Å². The number of tetrazole rings is 1. The zero-order chi connectivity index (χ0) is 17.1. The molecule has 128 valence electrons. The molecule has 0 N–H and O–H groups in total. The van der Waals surface area contributed by atoms with Crippen LogP contribution in [0.5, 0.6) is 0 Å². The summed E-state index contributed by atoms with van der Waals surface area (Å²) in [7, 11) is 1.75. The molecule has 9 heteroatoms. The van der Waals surface area contributed by atoms with Crippen LogP contribution in [0.4, 0.5) is 4.39 Å². The van der Waals surface area contributed by atoms with Gasteiger partial charge in [0.05, 0.1) is 6.54 Å².